The number of aryl methyl sites for hydroxylation is 1. The fourth-order valence-corrected chi connectivity index (χ4v) is 3.73. The number of rotatable bonds is 5. The molecule has 0 atom stereocenters. The van der Waals surface area contributed by atoms with Crippen LogP contribution >= 0.6 is 0 Å². The second kappa shape index (κ2) is 7.55. The van der Waals surface area contributed by atoms with Crippen molar-refractivity contribution in [2.24, 2.45) is 0 Å². The third-order valence-electron chi connectivity index (χ3n) is 3.77. The zero-order chi connectivity index (χ0) is 19.4. The van der Waals surface area contributed by atoms with E-state index in [1.165, 1.54) is 30.6 Å². The normalized spacial score (nSPS) is 11.0. The van der Waals surface area contributed by atoms with Crippen LogP contribution in [0.1, 0.15) is 15.9 Å². The van der Waals surface area contributed by atoms with Crippen molar-refractivity contribution in [1.29, 1.82) is 0 Å². The number of nitrogens with one attached hydrogen (secondary N) is 2. The molecule has 0 bridgehead atoms. The molecule has 0 radical (unpaired) electrons. The van der Waals surface area contributed by atoms with E-state index in [0.29, 0.717) is 11.3 Å². The fraction of sp³-hybridized carbons (Fsp3) is 0.0526. The maximum atomic E-state index is 13.0. The van der Waals surface area contributed by atoms with E-state index in [2.05, 4.69) is 15.0 Å². The van der Waals surface area contributed by atoms with Crippen LogP contribution in [0, 0.1) is 12.7 Å². The minimum atomic E-state index is -3.95. The Morgan fingerprint density at radius 3 is 2.30 bits per heavy atom. The number of benzene rings is 2. The Bertz CT molecular complexity index is 1070. The highest BCUT2D eigenvalue weighted by Gasteiger charge is 2.19. The van der Waals surface area contributed by atoms with Crippen molar-refractivity contribution in [2.45, 2.75) is 11.8 Å². The first kappa shape index (κ1) is 18.5. The lowest BCUT2D eigenvalue weighted by Crippen LogP contribution is -2.17. The molecule has 1 aromatic heterocycles. The number of halogens is 1. The van der Waals surface area contributed by atoms with Gasteiger partial charge in [-0.3, -0.25) is 14.5 Å². The monoisotopic (exact) mass is 385 g/mol. The van der Waals surface area contributed by atoms with E-state index in [0.717, 1.165) is 12.1 Å². The SMILES string of the molecule is Cc1ccc(C(=O)Nc2ccncc2)cc1S(=O)(=O)Nc1ccc(F)cc1. The van der Waals surface area contributed by atoms with Crippen LogP contribution in [-0.2, 0) is 10.0 Å². The van der Waals surface area contributed by atoms with Crippen molar-refractivity contribution in [2.75, 3.05) is 10.0 Å². The molecule has 6 nitrogen and oxygen atoms in total. The van der Waals surface area contributed by atoms with Crippen LogP contribution in [0.4, 0.5) is 15.8 Å². The summed E-state index contributed by atoms with van der Waals surface area (Å²) in [5, 5.41) is 2.68. The topological polar surface area (TPSA) is 88.2 Å². The molecule has 1 amide bonds. The van der Waals surface area contributed by atoms with Crippen LogP contribution in [-0.4, -0.2) is 19.3 Å². The fourth-order valence-electron chi connectivity index (χ4n) is 2.40. The zero-order valence-corrected chi connectivity index (χ0v) is 15.1. The molecule has 8 heteroatoms. The number of hydrogen-bond acceptors (Lipinski definition) is 4. The second-order valence-corrected chi connectivity index (χ2v) is 7.43. The Hall–Kier alpha value is -3.26. The summed E-state index contributed by atoms with van der Waals surface area (Å²) < 4.78 is 40.8. The van der Waals surface area contributed by atoms with E-state index in [1.54, 1.807) is 31.2 Å². The molecule has 0 aliphatic carbocycles. The highest BCUT2D eigenvalue weighted by atomic mass is 32.2. The van der Waals surface area contributed by atoms with Gasteiger partial charge < -0.3 is 5.32 Å². The van der Waals surface area contributed by atoms with Gasteiger partial charge in [0.25, 0.3) is 15.9 Å². The number of carbonyl (C=O) groups excluding carboxylic acids is 1. The van der Waals surface area contributed by atoms with E-state index in [-0.39, 0.29) is 16.1 Å². The van der Waals surface area contributed by atoms with Crippen molar-refractivity contribution < 1.29 is 17.6 Å². The summed E-state index contributed by atoms with van der Waals surface area (Å²) in [6, 6.07) is 12.6. The number of pyridine rings is 1. The number of aromatic nitrogens is 1. The second-order valence-electron chi connectivity index (χ2n) is 5.78. The maximum absolute atomic E-state index is 13.0. The molecule has 0 aliphatic heterocycles. The van der Waals surface area contributed by atoms with Crippen molar-refractivity contribution in [1.82, 2.24) is 4.98 Å². The molecular weight excluding hydrogens is 369 g/mol. The van der Waals surface area contributed by atoms with Gasteiger partial charge in [0.15, 0.2) is 0 Å². The van der Waals surface area contributed by atoms with Gasteiger partial charge in [0.05, 0.1) is 4.90 Å². The molecule has 138 valence electrons. The lowest BCUT2D eigenvalue weighted by atomic mass is 10.1. The van der Waals surface area contributed by atoms with Crippen LogP contribution in [0.15, 0.2) is 71.9 Å². The van der Waals surface area contributed by atoms with E-state index < -0.39 is 21.7 Å². The van der Waals surface area contributed by atoms with Crippen LogP contribution in [0.5, 0.6) is 0 Å². The number of hydrogen-bond donors (Lipinski definition) is 2. The van der Waals surface area contributed by atoms with Crippen LogP contribution in [0.2, 0.25) is 0 Å². The summed E-state index contributed by atoms with van der Waals surface area (Å²) in [4.78, 5) is 16.2. The number of nitrogens with zero attached hydrogens (tertiary/aromatic N) is 1. The molecule has 0 spiro atoms. The summed E-state index contributed by atoms with van der Waals surface area (Å²) in [7, 11) is -3.95. The molecule has 0 saturated carbocycles. The smallest absolute Gasteiger partial charge is 0.262 e. The van der Waals surface area contributed by atoms with Crippen molar-refractivity contribution in [3.05, 3.63) is 83.9 Å². The average molecular weight is 385 g/mol. The maximum Gasteiger partial charge on any atom is 0.262 e. The van der Waals surface area contributed by atoms with Gasteiger partial charge in [-0.25, -0.2) is 12.8 Å². The Balaban J connectivity index is 1.88. The first-order valence-electron chi connectivity index (χ1n) is 7.95. The summed E-state index contributed by atoms with van der Waals surface area (Å²) in [6.07, 6.45) is 3.07. The summed E-state index contributed by atoms with van der Waals surface area (Å²) in [5.41, 5.74) is 1.44. The van der Waals surface area contributed by atoms with Gasteiger partial charge in [0.1, 0.15) is 5.82 Å². The first-order valence-corrected chi connectivity index (χ1v) is 9.44. The number of carbonyl (C=O) groups is 1. The van der Waals surface area contributed by atoms with Gasteiger partial charge in [-0.1, -0.05) is 6.07 Å². The number of anilines is 2. The lowest BCUT2D eigenvalue weighted by molar-refractivity contribution is 0.102. The van der Waals surface area contributed by atoms with Crippen LogP contribution < -0.4 is 10.0 Å². The van der Waals surface area contributed by atoms with Gasteiger partial charge in [0.2, 0.25) is 0 Å². The Morgan fingerprint density at radius 1 is 0.963 bits per heavy atom. The van der Waals surface area contributed by atoms with Gasteiger partial charge >= 0.3 is 0 Å². The molecule has 2 N–H and O–H groups in total. The minimum Gasteiger partial charge on any atom is -0.322 e. The molecule has 3 rings (SSSR count). The van der Waals surface area contributed by atoms with E-state index in [1.807, 2.05) is 0 Å². The largest absolute Gasteiger partial charge is 0.322 e. The van der Waals surface area contributed by atoms with Gasteiger partial charge in [-0.05, 0) is 61.0 Å². The Kier molecular flexibility index (Phi) is 5.18. The van der Waals surface area contributed by atoms with E-state index >= 15 is 0 Å². The summed E-state index contributed by atoms with van der Waals surface area (Å²) in [5.74, 6) is -0.914. The van der Waals surface area contributed by atoms with Gasteiger partial charge in [-0.2, -0.15) is 0 Å². The quantitative estimate of drug-likeness (QED) is 0.703. The van der Waals surface area contributed by atoms with Crippen molar-refractivity contribution in [3.8, 4) is 0 Å². The molecule has 2 aromatic carbocycles. The molecular formula is C19H16FN3O3S. The van der Waals surface area contributed by atoms with Gasteiger partial charge in [0, 0.05) is 29.3 Å². The standard InChI is InChI=1S/C19H16FN3O3S/c1-13-2-3-14(19(24)22-16-8-10-21-11-9-16)12-18(13)27(25,26)23-17-6-4-15(20)5-7-17/h2-12,23H,1H3,(H,21,22,24). The molecule has 3 aromatic rings. The molecule has 0 saturated heterocycles. The van der Waals surface area contributed by atoms with Gasteiger partial charge in [-0.15, -0.1) is 0 Å². The Labute approximate surface area is 156 Å². The molecule has 27 heavy (non-hydrogen) atoms. The first-order chi connectivity index (χ1) is 12.8. The third-order valence-corrected chi connectivity index (χ3v) is 5.30. The zero-order valence-electron chi connectivity index (χ0n) is 14.3. The molecule has 0 fully saturated rings. The number of sulfonamides is 1. The molecule has 1 heterocycles. The third kappa shape index (κ3) is 4.48. The van der Waals surface area contributed by atoms with Crippen molar-refractivity contribution >= 4 is 27.3 Å². The summed E-state index contributed by atoms with van der Waals surface area (Å²) >= 11 is 0. The molecule has 0 unspecified atom stereocenters. The predicted molar refractivity (Wildman–Crippen MR) is 101 cm³/mol. The lowest BCUT2D eigenvalue weighted by Gasteiger charge is -2.12. The average Bonchev–Trinajstić information content (AvgIpc) is 2.64. The van der Waals surface area contributed by atoms with E-state index in [9.17, 15) is 17.6 Å². The highest BCUT2D eigenvalue weighted by molar-refractivity contribution is 7.92. The molecule has 0 aliphatic rings. The highest BCUT2D eigenvalue weighted by Crippen LogP contribution is 2.21. The predicted octanol–water partition coefficient (Wildman–Crippen LogP) is 3.58. The Morgan fingerprint density at radius 2 is 1.63 bits per heavy atom. The number of amides is 1. The van der Waals surface area contributed by atoms with Crippen LogP contribution in [0.3, 0.4) is 0 Å². The van der Waals surface area contributed by atoms with E-state index in [4.69, 9.17) is 0 Å². The minimum absolute atomic E-state index is 0.0331. The summed E-state index contributed by atoms with van der Waals surface area (Å²) in [6.45, 7) is 1.63. The van der Waals surface area contributed by atoms with Crippen LogP contribution in [0.25, 0.3) is 0 Å². The van der Waals surface area contributed by atoms with Crippen molar-refractivity contribution in [3.63, 3.8) is 0 Å².